The van der Waals surface area contributed by atoms with Crippen LogP contribution in [0.3, 0.4) is 0 Å². The zero-order chi connectivity index (χ0) is 21.0. The van der Waals surface area contributed by atoms with E-state index in [0.29, 0.717) is 0 Å². The number of nitrogens with zero attached hydrogens (tertiary/aromatic N) is 1. The molecular weight excluding hydrogens is 525 g/mol. The minimum atomic E-state index is -0.451. The van der Waals surface area contributed by atoms with Gasteiger partial charge in [-0.25, -0.2) is 0 Å². The van der Waals surface area contributed by atoms with Gasteiger partial charge in [0.2, 0.25) is 0 Å². The van der Waals surface area contributed by atoms with Crippen molar-refractivity contribution in [3.8, 4) is 0 Å². The first-order valence-corrected chi connectivity index (χ1v) is 15.1. The van der Waals surface area contributed by atoms with E-state index >= 15 is 0 Å². The van der Waals surface area contributed by atoms with E-state index in [1.165, 1.54) is 49.3 Å². The van der Waals surface area contributed by atoms with Crippen molar-refractivity contribution in [3.63, 3.8) is 0 Å². The Morgan fingerprint density at radius 2 is 1.39 bits per heavy atom. The van der Waals surface area contributed by atoms with Gasteiger partial charge < -0.3 is 0 Å². The summed E-state index contributed by atoms with van der Waals surface area (Å²) in [6.07, 6.45) is 0. The summed E-state index contributed by atoms with van der Waals surface area (Å²) >= 11 is 7.46. The van der Waals surface area contributed by atoms with Gasteiger partial charge in [0.1, 0.15) is 0 Å². The zero-order valence-corrected chi connectivity index (χ0v) is 22.1. The molecule has 0 heterocycles. The van der Waals surface area contributed by atoms with Crippen LogP contribution in [0.1, 0.15) is 33.4 Å². The first-order valence-electron chi connectivity index (χ1n) is 9.44. The molecule has 2 aromatic rings. The third-order valence-electron chi connectivity index (χ3n) is 4.97. The molecule has 0 amide bonds. The summed E-state index contributed by atoms with van der Waals surface area (Å²) in [7, 11) is 1.71. The van der Waals surface area contributed by atoms with Crippen LogP contribution in [0, 0.1) is 41.5 Å². The van der Waals surface area contributed by atoms with Gasteiger partial charge >= 0.3 is 177 Å². The molecule has 2 N–H and O–H groups in total. The number of nitrogens with one attached hydrogen (secondary N) is 2. The van der Waals surface area contributed by atoms with Crippen molar-refractivity contribution in [2.75, 3.05) is 37.4 Å². The van der Waals surface area contributed by atoms with E-state index < -0.39 is 10.1 Å². The van der Waals surface area contributed by atoms with Crippen molar-refractivity contribution in [2.24, 2.45) is 0 Å². The molecule has 0 radical (unpaired) electrons. The summed E-state index contributed by atoms with van der Waals surface area (Å²) in [4.78, 5) is 2.31. The first kappa shape index (κ1) is 23.7. The second kappa shape index (κ2) is 10.5. The van der Waals surface area contributed by atoms with E-state index in [1.54, 1.807) is 0 Å². The number of hydrogen-bond acceptors (Lipinski definition) is 3. The molecule has 0 aliphatic heterocycles. The van der Waals surface area contributed by atoms with Gasteiger partial charge in [0.05, 0.1) is 0 Å². The van der Waals surface area contributed by atoms with E-state index in [-0.39, 0.29) is 0 Å². The fraction of sp³-hybridized carbons (Fsp3) is 0.455. The Kier molecular flexibility index (Phi) is 8.89. The molecule has 0 aliphatic carbocycles. The van der Waals surface area contributed by atoms with Gasteiger partial charge in [-0.1, -0.05) is 5.56 Å². The molecule has 28 heavy (non-hydrogen) atoms. The maximum atomic E-state index is 3.73. The van der Waals surface area contributed by atoms with Crippen LogP contribution in [-0.2, 0) is 10.1 Å². The molecule has 0 fully saturated rings. The van der Waals surface area contributed by atoms with Gasteiger partial charge in [-0.3, -0.25) is 0 Å². The van der Waals surface area contributed by atoms with Gasteiger partial charge in [-0.2, -0.15) is 0 Å². The summed E-state index contributed by atoms with van der Waals surface area (Å²) in [5.74, 6) is 0. The molecule has 0 aliphatic rings. The number of hydrogen-bond donors (Lipinski definition) is 2. The fourth-order valence-electron chi connectivity index (χ4n) is 3.74. The van der Waals surface area contributed by atoms with Crippen molar-refractivity contribution in [3.05, 3.63) is 51.6 Å². The average Bonchev–Trinajstić information content (AvgIpc) is 2.56. The van der Waals surface area contributed by atoms with Crippen molar-refractivity contribution < 1.29 is 10.1 Å². The van der Waals surface area contributed by atoms with Gasteiger partial charge in [0.15, 0.2) is 0 Å². The number of benzene rings is 2. The standard InChI is InChI=1S/C22H32N3.2BrH.Co/c1-15-10-17(3)21(18(4)11-15)23-8-9-25(7)14-24-22-19(5)12-16(2)13-20(22)6;;;/h10-12,23-24H,8-9,14H2,1-7H3;2*1H;/q;;;+2/p-2. The molecule has 0 spiro atoms. The molecule has 158 valence electrons. The van der Waals surface area contributed by atoms with Crippen LogP contribution in [0.4, 0.5) is 11.4 Å². The van der Waals surface area contributed by atoms with Gasteiger partial charge in [0, 0.05) is 0 Å². The monoisotopic (exact) mass is 555 g/mol. The summed E-state index contributed by atoms with van der Waals surface area (Å²) in [6.45, 7) is 15.8. The van der Waals surface area contributed by atoms with Crippen molar-refractivity contribution >= 4 is 44.2 Å². The van der Waals surface area contributed by atoms with Crippen LogP contribution in [0.2, 0.25) is 0 Å². The number of likely N-dealkylation sites (N-methyl/N-ethyl adjacent to an activating group) is 1. The zero-order valence-electron chi connectivity index (χ0n) is 17.9. The fourth-order valence-corrected chi connectivity index (χ4v) is 7.91. The second-order valence-corrected chi connectivity index (χ2v) is 15.9. The summed E-state index contributed by atoms with van der Waals surface area (Å²) in [5, 5.41) is 7.26. The topological polar surface area (TPSA) is 27.3 Å². The molecule has 0 saturated heterocycles. The Balaban J connectivity index is 1.95. The summed E-state index contributed by atoms with van der Waals surface area (Å²) in [6, 6.07) is 6.75. The molecule has 6 heteroatoms. The number of rotatable bonds is 8. The molecule has 0 aromatic heterocycles. The van der Waals surface area contributed by atoms with E-state index in [4.69, 9.17) is 0 Å². The quantitative estimate of drug-likeness (QED) is 0.402. The Morgan fingerprint density at radius 1 is 0.821 bits per heavy atom. The van der Waals surface area contributed by atoms with E-state index in [9.17, 15) is 0 Å². The first-order chi connectivity index (χ1) is 13.1. The minimum absolute atomic E-state index is 0.451. The predicted molar refractivity (Wildman–Crippen MR) is 128 cm³/mol. The van der Waals surface area contributed by atoms with Crippen LogP contribution in [-0.4, -0.2) is 31.7 Å². The molecule has 3 nitrogen and oxygen atoms in total. The van der Waals surface area contributed by atoms with E-state index in [1.807, 2.05) is 0 Å². The third-order valence-corrected chi connectivity index (χ3v) is 8.34. The van der Waals surface area contributed by atoms with E-state index in [2.05, 4.69) is 111 Å². The van der Waals surface area contributed by atoms with E-state index in [0.717, 1.165) is 19.8 Å². The molecule has 0 bridgehead atoms. The van der Waals surface area contributed by atoms with Crippen molar-refractivity contribution in [1.29, 1.82) is 0 Å². The maximum absolute atomic E-state index is 3.73. The van der Waals surface area contributed by atoms with Crippen LogP contribution < -0.4 is 15.1 Å². The molecule has 2 rings (SSSR count). The Labute approximate surface area is 188 Å². The van der Waals surface area contributed by atoms with Gasteiger partial charge in [-0.15, -0.1) is 0 Å². The Bertz CT molecular complexity index is 814. The SMILES string of the molecule is Cc1cc(C)c(NCCN(C)CNc2c(C)cc(C)[c]([Co]([Br])[Br])c2C)c(C)c1. The third kappa shape index (κ3) is 5.99. The number of anilines is 2. The molecular formula is C22H32Br2CoN3. The van der Waals surface area contributed by atoms with Crippen LogP contribution in [0.5, 0.6) is 0 Å². The molecule has 0 unspecified atom stereocenters. The number of aryl methyl sites for hydroxylation is 5. The summed E-state index contributed by atoms with van der Waals surface area (Å²) < 4.78 is 1.37. The Hall–Kier alpha value is -0.534. The molecule has 0 atom stereocenters. The van der Waals surface area contributed by atoms with Crippen LogP contribution in [0.25, 0.3) is 0 Å². The summed E-state index contributed by atoms with van der Waals surface area (Å²) in [5.41, 5.74) is 10.4. The Morgan fingerprint density at radius 3 is 1.96 bits per heavy atom. The predicted octanol–water partition coefficient (Wildman–Crippen LogP) is 5.81. The number of halogens is 2. The second-order valence-electron chi connectivity index (χ2n) is 7.59. The van der Waals surface area contributed by atoms with Gasteiger partial charge in [0.25, 0.3) is 0 Å². The van der Waals surface area contributed by atoms with Crippen LogP contribution in [0.15, 0.2) is 18.2 Å². The normalized spacial score (nSPS) is 11.7. The molecule has 2 aromatic carbocycles. The average molecular weight is 557 g/mol. The van der Waals surface area contributed by atoms with Crippen LogP contribution >= 0.6 is 28.3 Å². The van der Waals surface area contributed by atoms with Gasteiger partial charge in [-0.05, 0) is 6.92 Å². The molecule has 0 saturated carbocycles. The van der Waals surface area contributed by atoms with Crippen molar-refractivity contribution in [2.45, 2.75) is 41.5 Å². The van der Waals surface area contributed by atoms with Crippen molar-refractivity contribution in [1.82, 2.24) is 4.90 Å².